The normalized spacial score (nSPS) is 24.0. The third-order valence-corrected chi connectivity index (χ3v) is 3.56. The Morgan fingerprint density at radius 2 is 2.21 bits per heavy atom. The molecule has 3 heteroatoms. The van der Waals surface area contributed by atoms with Crippen LogP contribution in [0.3, 0.4) is 0 Å². The number of piperidine rings is 1. The molecule has 0 spiro atoms. The molecule has 2 nitrogen and oxygen atoms in total. The van der Waals surface area contributed by atoms with Crippen molar-refractivity contribution in [1.82, 2.24) is 4.90 Å². The van der Waals surface area contributed by atoms with Crippen molar-refractivity contribution < 1.29 is 0 Å². The molecule has 14 heavy (non-hydrogen) atoms. The molecular formula is C11H24N2S. The number of unbranched alkanes of at least 4 members (excludes halogenated alkanes) is 2. The van der Waals surface area contributed by atoms with E-state index in [1.54, 1.807) is 0 Å². The summed E-state index contributed by atoms with van der Waals surface area (Å²) < 4.78 is 0. The summed E-state index contributed by atoms with van der Waals surface area (Å²) >= 11 is 1.95. The Morgan fingerprint density at radius 1 is 1.36 bits per heavy atom. The van der Waals surface area contributed by atoms with Crippen LogP contribution in [0.25, 0.3) is 0 Å². The summed E-state index contributed by atoms with van der Waals surface area (Å²) in [5.74, 6) is 1.32. The maximum Gasteiger partial charge on any atom is 0.0168 e. The molecule has 0 radical (unpaired) electrons. The van der Waals surface area contributed by atoms with Crippen molar-refractivity contribution in [3.05, 3.63) is 0 Å². The second-order valence-corrected chi connectivity index (χ2v) is 5.24. The topological polar surface area (TPSA) is 29.3 Å². The van der Waals surface area contributed by atoms with E-state index in [9.17, 15) is 0 Å². The minimum absolute atomic E-state index is 0.440. The number of hydrogen-bond donors (Lipinski definition) is 1. The third-order valence-electron chi connectivity index (χ3n) is 2.86. The van der Waals surface area contributed by atoms with Gasteiger partial charge in [0.05, 0.1) is 0 Å². The highest BCUT2D eigenvalue weighted by atomic mass is 32.2. The first-order valence-corrected chi connectivity index (χ1v) is 7.19. The minimum atomic E-state index is 0.440. The molecule has 0 aromatic carbocycles. The minimum Gasteiger partial charge on any atom is -0.327 e. The second-order valence-electron chi connectivity index (χ2n) is 4.26. The fourth-order valence-electron chi connectivity index (χ4n) is 2.05. The first kappa shape index (κ1) is 12.3. The van der Waals surface area contributed by atoms with E-state index in [1.165, 1.54) is 50.9 Å². The first-order valence-electron chi connectivity index (χ1n) is 5.80. The molecule has 0 saturated carbocycles. The molecule has 1 aliphatic rings. The lowest BCUT2D eigenvalue weighted by Gasteiger charge is -2.30. The monoisotopic (exact) mass is 216 g/mol. The molecule has 1 fully saturated rings. The van der Waals surface area contributed by atoms with Crippen molar-refractivity contribution in [2.24, 2.45) is 5.73 Å². The van der Waals surface area contributed by atoms with E-state index < -0.39 is 0 Å². The number of thioether (sulfide) groups is 1. The standard InChI is InChI=1S/C11H24N2S/c1-14-9-4-2-3-7-13-8-5-6-11(12)10-13/h11H,2-10,12H2,1H3. The summed E-state index contributed by atoms with van der Waals surface area (Å²) in [6.45, 7) is 3.67. The van der Waals surface area contributed by atoms with Gasteiger partial charge in [-0.1, -0.05) is 6.42 Å². The van der Waals surface area contributed by atoms with Gasteiger partial charge < -0.3 is 10.6 Å². The predicted molar refractivity (Wildman–Crippen MR) is 65.9 cm³/mol. The van der Waals surface area contributed by atoms with Crippen molar-refractivity contribution in [3.63, 3.8) is 0 Å². The third kappa shape index (κ3) is 5.23. The van der Waals surface area contributed by atoms with Crippen LogP contribution >= 0.6 is 11.8 Å². The number of hydrogen-bond acceptors (Lipinski definition) is 3. The number of likely N-dealkylation sites (tertiary alicyclic amines) is 1. The van der Waals surface area contributed by atoms with E-state index in [2.05, 4.69) is 11.2 Å². The largest absolute Gasteiger partial charge is 0.327 e. The van der Waals surface area contributed by atoms with Crippen LogP contribution in [0, 0.1) is 0 Å². The number of nitrogens with zero attached hydrogens (tertiary/aromatic N) is 1. The lowest BCUT2D eigenvalue weighted by molar-refractivity contribution is 0.205. The number of nitrogens with two attached hydrogens (primary N) is 1. The Hall–Kier alpha value is 0.270. The Bertz CT molecular complexity index is 141. The van der Waals surface area contributed by atoms with Gasteiger partial charge in [0, 0.05) is 12.6 Å². The zero-order valence-electron chi connectivity index (χ0n) is 9.37. The molecule has 0 aliphatic carbocycles. The summed E-state index contributed by atoms with van der Waals surface area (Å²) in [7, 11) is 0. The predicted octanol–water partition coefficient (Wildman–Crippen LogP) is 1.94. The van der Waals surface area contributed by atoms with Crippen LogP contribution in [0.4, 0.5) is 0 Å². The fourth-order valence-corrected chi connectivity index (χ4v) is 2.55. The van der Waals surface area contributed by atoms with Gasteiger partial charge in [-0.15, -0.1) is 0 Å². The SMILES string of the molecule is CSCCCCCN1CCCC(N)C1. The molecule has 0 aromatic heterocycles. The summed E-state index contributed by atoms with van der Waals surface area (Å²) in [6.07, 6.45) is 8.82. The first-order chi connectivity index (χ1) is 6.83. The summed E-state index contributed by atoms with van der Waals surface area (Å²) in [5.41, 5.74) is 5.93. The van der Waals surface area contributed by atoms with Crippen LogP contribution in [-0.4, -0.2) is 42.6 Å². The maximum absolute atomic E-state index is 5.93. The molecule has 0 amide bonds. The molecule has 84 valence electrons. The molecule has 1 atom stereocenters. The highest BCUT2D eigenvalue weighted by Crippen LogP contribution is 2.10. The lowest BCUT2D eigenvalue weighted by atomic mass is 10.1. The van der Waals surface area contributed by atoms with E-state index in [-0.39, 0.29) is 0 Å². The Balaban J connectivity index is 1.95. The van der Waals surface area contributed by atoms with Crippen LogP contribution in [0.5, 0.6) is 0 Å². The zero-order valence-corrected chi connectivity index (χ0v) is 10.2. The molecule has 0 bridgehead atoms. The van der Waals surface area contributed by atoms with Crippen LogP contribution in [-0.2, 0) is 0 Å². The van der Waals surface area contributed by atoms with Gasteiger partial charge in [-0.2, -0.15) is 11.8 Å². The van der Waals surface area contributed by atoms with Crippen molar-refractivity contribution >= 4 is 11.8 Å². The van der Waals surface area contributed by atoms with Crippen molar-refractivity contribution in [1.29, 1.82) is 0 Å². The van der Waals surface area contributed by atoms with Crippen LogP contribution < -0.4 is 5.73 Å². The average molecular weight is 216 g/mol. The molecule has 1 saturated heterocycles. The van der Waals surface area contributed by atoms with E-state index in [0.29, 0.717) is 6.04 Å². The van der Waals surface area contributed by atoms with Gasteiger partial charge >= 0.3 is 0 Å². The Morgan fingerprint density at radius 3 is 2.93 bits per heavy atom. The smallest absolute Gasteiger partial charge is 0.0168 e. The fraction of sp³-hybridized carbons (Fsp3) is 1.00. The summed E-state index contributed by atoms with van der Waals surface area (Å²) in [4.78, 5) is 2.53. The molecule has 1 heterocycles. The van der Waals surface area contributed by atoms with Gasteiger partial charge in [0.25, 0.3) is 0 Å². The van der Waals surface area contributed by atoms with Crippen LogP contribution in [0.15, 0.2) is 0 Å². The summed E-state index contributed by atoms with van der Waals surface area (Å²) in [6, 6.07) is 0.440. The van der Waals surface area contributed by atoms with Crippen molar-refractivity contribution in [2.45, 2.75) is 38.1 Å². The summed E-state index contributed by atoms with van der Waals surface area (Å²) in [5, 5.41) is 0. The van der Waals surface area contributed by atoms with E-state index in [1.807, 2.05) is 11.8 Å². The van der Waals surface area contributed by atoms with Gasteiger partial charge in [-0.25, -0.2) is 0 Å². The van der Waals surface area contributed by atoms with E-state index in [0.717, 1.165) is 6.54 Å². The highest BCUT2D eigenvalue weighted by molar-refractivity contribution is 7.98. The van der Waals surface area contributed by atoms with Crippen LogP contribution in [0.2, 0.25) is 0 Å². The lowest BCUT2D eigenvalue weighted by Crippen LogP contribution is -2.43. The molecule has 2 N–H and O–H groups in total. The molecule has 0 aromatic rings. The molecule has 1 aliphatic heterocycles. The molecule has 1 rings (SSSR count). The average Bonchev–Trinajstić information content (AvgIpc) is 2.18. The van der Waals surface area contributed by atoms with Gasteiger partial charge in [0.2, 0.25) is 0 Å². The number of rotatable bonds is 6. The quantitative estimate of drug-likeness (QED) is 0.688. The highest BCUT2D eigenvalue weighted by Gasteiger charge is 2.15. The Labute approximate surface area is 92.6 Å². The second kappa shape index (κ2) is 7.55. The van der Waals surface area contributed by atoms with Crippen molar-refractivity contribution in [2.75, 3.05) is 31.6 Å². The maximum atomic E-state index is 5.93. The van der Waals surface area contributed by atoms with E-state index in [4.69, 9.17) is 5.73 Å². The van der Waals surface area contributed by atoms with Gasteiger partial charge in [-0.05, 0) is 50.8 Å². The van der Waals surface area contributed by atoms with Gasteiger partial charge in [-0.3, -0.25) is 0 Å². The molecular weight excluding hydrogens is 192 g/mol. The molecule has 1 unspecified atom stereocenters. The van der Waals surface area contributed by atoms with E-state index >= 15 is 0 Å². The van der Waals surface area contributed by atoms with Crippen molar-refractivity contribution in [3.8, 4) is 0 Å². The van der Waals surface area contributed by atoms with Crippen LogP contribution in [0.1, 0.15) is 32.1 Å². The zero-order chi connectivity index (χ0) is 10.2. The van der Waals surface area contributed by atoms with Gasteiger partial charge in [0.15, 0.2) is 0 Å². The Kier molecular flexibility index (Phi) is 6.65. The van der Waals surface area contributed by atoms with Gasteiger partial charge in [0.1, 0.15) is 0 Å².